The van der Waals surface area contributed by atoms with E-state index in [0.29, 0.717) is 18.4 Å². The standard InChI is InChI=1S/C13H23N5O.HI/c1-11(2)10-18-4-3-15-12(18)9-16-13(14)17-5-7-19-8-6-17;/h3-4,11H,5-10H2,1-2H3,(H2,14,16);1H. The highest BCUT2D eigenvalue weighted by Gasteiger charge is 2.12. The van der Waals surface area contributed by atoms with Gasteiger partial charge < -0.3 is 19.9 Å². The molecule has 7 heteroatoms. The molecule has 0 unspecified atom stereocenters. The summed E-state index contributed by atoms with van der Waals surface area (Å²) < 4.78 is 7.43. The molecule has 1 aromatic rings. The molecule has 0 spiro atoms. The molecule has 1 saturated heterocycles. The second-order valence-electron chi connectivity index (χ2n) is 5.16. The number of hydrogen-bond donors (Lipinski definition) is 1. The van der Waals surface area contributed by atoms with Crippen LogP contribution in [0.5, 0.6) is 0 Å². The Labute approximate surface area is 137 Å². The summed E-state index contributed by atoms with van der Waals surface area (Å²) in [6.45, 7) is 8.94. The fourth-order valence-electron chi connectivity index (χ4n) is 2.10. The van der Waals surface area contributed by atoms with Gasteiger partial charge >= 0.3 is 0 Å². The largest absolute Gasteiger partial charge is 0.378 e. The Balaban J connectivity index is 0.00000200. The van der Waals surface area contributed by atoms with Crippen LogP contribution in [-0.2, 0) is 17.8 Å². The smallest absolute Gasteiger partial charge is 0.191 e. The van der Waals surface area contributed by atoms with Gasteiger partial charge in [-0.15, -0.1) is 24.0 Å². The minimum Gasteiger partial charge on any atom is -0.378 e. The van der Waals surface area contributed by atoms with Gasteiger partial charge in [0.15, 0.2) is 5.96 Å². The van der Waals surface area contributed by atoms with Crippen LogP contribution in [0.2, 0.25) is 0 Å². The Kier molecular flexibility index (Phi) is 7.28. The van der Waals surface area contributed by atoms with E-state index in [1.54, 1.807) is 0 Å². The topological polar surface area (TPSA) is 68.7 Å². The molecule has 114 valence electrons. The molecule has 1 aliphatic rings. The van der Waals surface area contributed by atoms with Crippen molar-refractivity contribution in [2.75, 3.05) is 26.3 Å². The van der Waals surface area contributed by atoms with E-state index in [4.69, 9.17) is 10.5 Å². The van der Waals surface area contributed by atoms with Gasteiger partial charge in [0, 0.05) is 32.0 Å². The third-order valence-corrected chi connectivity index (χ3v) is 3.08. The molecule has 0 radical (unpaired) electrons. The van der Waals surface area contributed by atoms with Crippen molar-refractivity contribution in [3.8, 4) is 0 Å². The van der Waals surface area contributed by atoms with Crippen LogP contribution in [0.3, 0.4) is 0 Å². The van der Waals surface area contributed by atoms with E-state index in [2.05, 4.69) is 33.3 Å². The van der Waals surface area contributed by atoms with Crippen LogP contribution in [0.25, 0.3) is 0 Å². The summed E-state index contributed by atoms with van der Waals surface area (Å²) in [6.07, 6.45) is 3.81. The Bertz CT molecular complexity index is 426. The second kappa shape index (κ2) is 8.46. The third kappa shape index (κ3) is 4.93. The Morgan fingerprint density at radius 1 is 1.45 bits per heavy atom. The maximum absolute atomic E-state index is 6.00. The fourth-order valence-corrected chi connectivity index (χ4v) is 2.10. The van der Waals surface area contributed by atoms with Gasteiger partial charge in [-0.05, 0) is 5.92 Å². The first-order valence-corrected chi connectivity index (χ1v) is 6.79. The van der Waals surface area contributed by atoms with E-state index >= 15 is 0 Å². The van der Waals surface area contributed by atoms with E-state index in [0.717, 1.165) is 38.7 Å². The quantitative estimate of drug-likeness (QED) is 0.476. The zero-order valence-electron chi connectivity index (χ0n) is 12.2. The summed E-state index contributed by atoms with van der Waals surface area (Å²) >= 11 is 0. The summed E-state index contributed by atoms with van der Waals surface area (Å²) in [5, 5.41) is 0. The number of aromatic nitrogens is 2. The van der Waals surface area contributed by atoms with Crippen LogP contribution >= 0.6 is 24.0 Å². The molecule has 20 heavy (non-hydrogen) atoms. The van der Waals surface area contributed by atoms with Crippen molar-refractivity contribution in [1.82, 2.24) is 14.5 Å². The van der Waals surface area contributed by atoms with Crippen LogP contribution < -0.4 is 5.73 Å². The Morgan fingerprint density at radius 3 is 2.80 bits per heavy atom. The molecule has 0 bridgehead atoms. The van der Waals surface area contributed by atoms with Crippen LogP contribution in [0.4, 0.5) is 0 Å². The van der Waals surface area contributed by atoms with E-state index in [-0.39, 0.29) is 24.0 Å². The first-order valence-electron chi connectivity index (χ1n) is 6.79. The predicted molar refractivity (Wildman–Crippen MR) is 90.2 cm³/mol. The molecule has 0 amide bonds. The first kappa shape index (κ1) is 17.2. The summed E-state index contributed by atoms with van der Waals surface area (Å²) in [4.78, 5) is 10.8. The molecular formula is C13H24IN5O. The SMILES string of the molecule is CC(C)Cn1ccnc1CN=C(N)N1CCOCC1.I. The number of nitrogens with two attached hydrogens (primary N) is 1. The molecule has 1 aromatic heterocycles. The summed E-state index contributed by atoms with van der Waals surface area (Å²) in [5.41, 5.74) is 6.00. The van der Waals surface area contributed by atoms with Gasteiger partial charge in [-0.1, -0.05) is 13.8 Å². The lowest BCUT2D eigenvalue weighted by molar-refractivity contribution is 0.0674. The van der Waals surface area contributed by atoms with Crippen LogP contribution in [0.1, 0.15) is 19.7 Å². The van der Waals surface area contributed by atoms with Gasteiger partial charge in [0.2, 0.25) is 0 Å². The molecular weight excluding hydrogens is 369 g/mol. The lowest BCUT2D eigenvalue weighted by Crippen LogP contribution is -2.44. The fraction of sp³-hybridized carbons (Fsp3) is 0.692. The molecule has 2 rings (SSSR count). The average molecular weight is 393 g/mol. The van der Waals surface area contributed by atoms with Gasteiger partial charge in [0.25, 0.3) is 0 Å². The Hall–Kier alpha value is -0.830. The molecule has 1 aliphatic heterocycles. The number of halogens is 1. The van der Waals surface area contributed by atoms with Gasteiger partial charge in [-0.25, -0.2) is 9.98 Å². The van der Waals surface area contributed by atoms with Crippen molar-refractivity contribution in [1.29, 1.82) is 0 Å². The van der Waals surface area contributed by atoms with Gasteiger partial charge in [-0.2, -0.15) is 0 Å². The van der Waals surface area contributed by atoms with E-state index in [1.807, 2.05) is 12.4 Å². The monoisotopic (exact) mass is 393 g/mol. The number of imidazole rings is 1. The summed E-state index contributed by atoms with van der Waals surface area (Å²) in [5.74, 6) is 2.14. The van der Waals surface area contributed by atoms with Crippen molar-refractivity contribution in [2.24, 2.45) is 16.6 Å². The highest BCUT2D eigenvalue weighted by Crippen LogP contribution is 2.05. The van der Waals surface area contributed by atoms with E-state index < -0.39 is 0 Å². The number of ether oxygens (including phenoxy) is 1. The van der Waals surface area contributed by atoms with Crippen molar-refractivity contribution in [3.63, 3.8) is 0 Å². The van der Waals surface area contributed by atoms with Crippen molar-refractivity contribution >= 4 is 29.9 Å². The number of hydrogen-bond acceptors (Lipinski definition) is 3. The van der Waals surface area contributed by atoms with E-state index in [9.17, 15) is 0 Å². The minimum absolute atomic E-state index is 0. The third-order valence-electron chi connectivity index (χ3n) is 3.08. The van der Waals surface area contributed by atoms with Crippen molar-refractivity contribution in [2.45, 2.75) is 26.9 Å². The first-order chi connectivity index (χ1) is 9.16. The number of nitrogens with zero attached hydrogens (tertiary/aromatic N) is 4. The summed E-state index contributed by atoms with van der Waals surface area (Å²) in [6, 6.07) is 0. The summed E-state index contributed by atoms with van der Waals surface area (Å²) in [7, 11) is 0. The zero-order valence-corrected chi connectivity index (χ0v) is 14.5. The maximum atomic E-state index is 6.00. The average Bonchev–Trinajstić information content (AvgIpc) is 2.83. The van der Waals surface area contributed by atoms with E-state index in [1.165, 1.54) is 0 Å². The number of morpholine rings is 1. The molecule has 1 fully saturated rings. The number of rotatable bonds is 4. The van der Waals surface area contributed by atoms with Gasteiger partial charge in [-0.3, -0.25) is 0 Å². The molecule has 0 aromatic carbocycles. The van der Waals surface area contributed by atoms with Crippen LogP contribution in [0.15, 0.2) is 17.4 Å². The highest BCUT2D eigenvalue weighted by atomic mass is 127. The normalized spacial score (nSPS) is 16.4. The highest BCUT2D eigenvalue weighted by molar-refractivity contribution is 14.0. The molecule has 2 N–H and O–H groups in total. The number of aliphatic imine (C=N–C) groups is 1. The number of guanidine groups is 1. The van der Waals surface area contributed by atoms with Crippen molar-refractivity contribution < 1.29 is 4.74 Å². The lowest BCUT2D eigenvalue weighted by atomic mass is 10.2. The molecule has 2 heterocycles. The predicted octanol–water partition coefficient (Wildman–Crippen LogP) is 1.30. The van der Waals surface area contributed by atoms with Crippen LogP contribution in [-0.4, -0.2) is 46.7 Å². The molecule has 6 nitrogen and oxygen atoms in total. The minimum atomic E-state index is 0. The maximum Gasteiger partial charge on any atom is 0.191 e. The van der Waals surface area contributed by atoms with Gasteiger partial charge in [0.05, 0.1) is 13.2 Å². The zero-order chi connectivity index (χ0) is 13.7. The Morgan fingerprint density at radius 2 is 2.15 bits per heavy atom. The molecule has 0 saturated carbocycles. The molecule has 0 aliphatic carbocycles. The molecule has 0 atom stereocenters. The lowest BCUT2D eigenvalue weighted by Gasteiger charge is -2.27. The van der Waals surface area contributed by atoms with Gasteiger partial charge in [0.1, 0.15) is 12.4 Å². The van der Waals surface area contributed by atoms with Crippen LogP contribution in [0, 0.1) is 5.92 Å². The second-order valence-corrected chi connectivity index (χ2v) is 5.16. The van der Waals surface area contributed by atoms with Crippen molar-refractivity contribution in [3.05, 3.63) is 18.2 Å².